The predicted octanol–water partition coefficient (Wildman–Crippen LogP) is -0.799. The molecule has 0 unspecified atom stereocenters. The smallest absolute Gasteiger partial charge is 0.366 e. The van der Waals surface area contributed by atoms with Crippen LogP contribution in [0.5, 0.6) is 17.2 Å². The van der Waals surface area contributed by atoms with Gasteiger partial charge in [-0.15, -0.1) is 5.10 Å². The SMILES string of the molecule is NNc1n[nH]c(N)n1.O=[N+]([O-])c1c(O)c([N+](=O)[O-])c(O)c([N+](=O)[O-])c1O. The number of nitrogens with one attached hydrogen (secondary N) is 2. The van der Waals surface area contributed by atoms with Crippen molar-refractivity contribution in [3.05, 3.63) is 30.3 Å². The quantitative estimate of drug-likeness (QED) is 0.195. The molecule has 0 amide bonds. The van der Waals surface area contributed by atoms with Crippen molar-refractivity contribution in [2.75, 3.05) is 11.2 Å². The molecule has 0 atom stereocenters. The van der Waals surface area contributed by atoms with Gasteiger partial charge in [0.15, 0.2) is 0 Å². The number of phenols is 3. The summed E-state index contributed by atoms with van der Waals surface area (Å²) in [7, 11) is 0. The number of hydrogen-bond donors (Lipinski definition) is 7. The van der Waals surface area contributed by atoms with Gasteiger partial charge in [0.25, 0.3) is 23.2 Å². The zero-order valence-electron chi connectivity index (χ0n) is 12.2. The summed E-state index contributed by atoms with van der Waals surface area (Å²) in [5.74, 6) is 0.429. The highest BCUT2D eigenvalue weighted by Gasteiger charge is 2.43. The van der Waals surface area contributed by atoms with Crippen molar-refractivity contribution in [2.24, 2.45) is 5.84 Å². The summed E-state index contributed by atoms with van der Waals surface area (Å²) in [4.78, 5) is 30.6. The summed E-state index contributed by atoms with van der Waals surface area (Å²) >= 11 is 0. The van der Waals surface area contributed by atoms with Crippen LogP contribution in [0.15, 0.2) is 0 Å². The first-order valence-corrected chi connectivity index (χ1v) is 5.91. The number of H-pyrrole nitrogens is 1. The van der Waals surface area contributed by atoms with Crippen LogP contribution >= 0.6 is 0 Å². The van der Waals surface area contributed by atoms with Crippen molar-refractivity contribution in [1.82, 2.24) is 15.2 Å². The van der Waals surface area contributed by atoms with Crippen molar-refractivity contribution in [2.45, 2.75) is 0 Å². The molecule has 0 saturated heterocycles. The third kappa shape index (κ3) is 3.70. The topological polar surface area (TPSA) is 296 Å². The molecule has 140 valence electrons. The number of anilines is 2. The van der Waals surface area contributed by atoms with Gasteiger partial charge in [-0.3, -0.25) is 35.8 Å². The third-order valence-corrected chi connectivity index (χ3v) is 2.53. The first-order chi connectivity index (χ1) is 12.0. The maximum Gasteiger partial charge on any atom is 0.366 e. The summed E-state index contributed by atoms with van der Waals surface area (Å²) in [6.45, 7) is 0. The normalized spacial score (nSPS) is 9.73. The van der Waals surface area contributed by atoms with E-state index in [1.165, 1.54) is 0 Å². The summed E-state index contributed by atoms with van der Waals surface area (Å²) in [5, 5.41) is 64.8. The predicted molar refractivity (Wildman–Crippen MR) is 80.0 cm³/mol. The molecule has 2 rings (SSSR count). The molecule has 18 nitrogen and oxygen atoms in total. The van der Waals surface area contributed by atoms with E-state index < -0.39 is 49.1 Å². The molecular formula is C8H9N9O9. The average Bonchev–Trinajstić information content (AvgIpc) is 2.92. The monoisotopic (exact) mass is 375 g/mol. The van der Waals surface area contributed by atoms with Gasteiger partial charge in [-0.25, -0.2) is 10.9 Å². The van der Waals surface area contributed by atoms with E-state index in [2.05, 4.69) is 20.6 Å². The number of aromatic nitrogens is 3. The van der Waals surface area contributed by atoms with Crippen LogP contribution in [0, 0.1) is 30.3 Å². The summed E-state index contributed by atoms with van der Waals surface area (Å²) in [5.41, 5.74) is 2.44. The fraction of sp³-hybridized carbons (Fsp3) is 0. The molecule has 2 aromatic rings. The lowest BCUT2D eigenvalue weighted by Crippen LogP contribution is -2.08. The number of aromatic amines is 1. The van der Waals surface area contributed by atoms with Crippen molar-refractivity contribution in [3.8, 4) is 17.2 Å². The van der Waals surface area contributed by atoms with Crippen molar-refractivity contribution in [3.63, 3.8) is 0 Å². The second kappa shape index (κ2) is 7.39. The third-order valence-electron chi connectivity index (χ3n) is 2.53. The van der Waals surface area contributed by atoms with Gasteiger partial charge in [0, 0.05) is 0 Å². The number of nitrogens with two attached hydrogens (primary N) is 2. The first kappa shape index (κ1) is 19.6. The van der Waals surface area contributed by atoms with Gasteiger partial charge in [-0.05, 0) is 0 Å². The number of aromatic hydroxyl groups is 3. The van der Waals surface area contributed by atoms with Crippen LogP contribution in [0.3, 0.4) is 0 Å². The van der Waals surface area contributed by atoms with E-state index >= 15 is 0 Å². The lowest BCUT2D eigenvalue weighted by atomic mass is 10.2. The van der Waals surface area contributed by atoms with Crippen LogP contribution in [0.2, 0.25) is 0 Å². The average molecular weight is 375 g/mol. The number of nitrogens with zero attached hydrogens (tertiary/aromatic N) is 5. The van der Waals surface area contributed by atoms with Crippen molar-refractivity contribution < 1.29 is 30.1 Å². The number of benzene rings is 1. The Balaban J connectivity index is 0.000000350. The van der Waals surface area contributed by atoms with E-state index in [0.717, 1.165) is 0 Å². The standard InChI is InChI=1S/C6H3N3O9.C2H6N6/c10-4-1(7(13)14)5(11)3(9(17)18)6(12)2(4)8(15)16;3-1-5-2(6-4)8-7-1/h10-12H;4H2,(H4,3,5,6,7,8). The number of hydrogen-bond acceptors (Lipinski definition) is 14. The van der Waals surface area contributed by atoms with Gasteiger partial charge in [0.2, 0.25) is 5.95 Å². The Morgan fingerprint density at radius 3 is 1.38 bits per heavy atom. The molecule has 9 N–H and O–H groups in total. The largest absolute Gasteiger partial charge is 0.497 e. The molecule has 0 aliphatic heterocycles. The molecule has 1 aromatic carbocycles. The number of nitro groups is 3. The number of hydrazine groups is 1. The first-order valence-electron chi connectivity index (χ1n) is 5.91. The molecule has 26 heavy (non-hydrogen) atoms. The number of rotatable bonds is 4. The van der Waals surface area contributed by atoms with Crippen LogP contribution in [0.4, 0.5) is 29.0 Å². The molecule has 0 saturated carbocycles. The van der Waals surface area contributed by atoms with Crippen LogP contribution in [-0.4, -0.2) is 45.3 Å². The summed E-state index contributed by atoms with van der Waals surface area (Å²) in [6, 6.07) is 0. The highest BCUT2D eigenvalue weighted by atomic mass is 16.6. The van der Waals surface area contributed by atoms with Crippen LogP contribution in [0.1, 0.15) is 0 Å². The van der Waals surface area contributed by atoms with E-state index in [4.69, 9.17) is 11.6 Å². The highest BCUT2D eigenvalue weighted by molar-refractivity contribution is 5.80. The Morgan fingerprint density at radius 2 is 1.23 bits per heavy atom. The molecule has 0 bridgehead atoms. The van der Waals surface area contributed by atoms with E-state index in [-0.39, 0.29) is 5.95 Å². The van der Waals surface area contributed by atoms with Gasteiger partial charge < -0.3 is 21.1 Å². The molecule has 0 fully saturated rings. The van der Waals surface area contributed by atoms with Crippen molar-refractivity contribution in [1.29, 1.82) is 0 Å². The minimum Gasteiger partial charge on any atom is -0.497 e. The Labute approximate surface area is 140 Å². The van der Waals surface area contributed by atoms with Crippen LogP contribution < -0.4 is 17.0 Å². The van der Waals surface area contributed by atoms with Gasteiger partial charge in [-0.1, -0.05) is 0 Å². The van der Waals surface area contributed by atoms with E-state index in [1.807, 2.05) is 0 Å². The second-order valence-electron chi connectivity index (χ2n) is 4.05. The Morgan fingerprint density at radius 1 is 0.885 bits per heavy atom. The van der Waals surface area contributed by atoms with Gasteiger partial charge >= 0.3 is 17.1 Å². The van der Waals surface area contributed by atoms with Crippen molar-refractivity contribution >= 4 is 29.0 Å². The fourth-order valence-electron chi connectivity index (χ4n) is 1.53. The molecule has 0 aliphatic carbocycles. The lowest BCUT2D eigenvalue weighted by molar-refractivity contribution is -0.407. The Kier molecular flexibility index (Phi) is 5.56. The number of nitro benzene ring substituents is 3. The van der Waals surface area contributed by atoms with E-state index in [1.54, 1.807) is 0 Å². The fourth-order valence-corrected chi connectivity index (χ4v) is 1.53. The summed E-state index contributed by atoms with van der Waals surface area (Å²) < 4.78 is 0. The number of phenolic OH excluding ortho intramolecular Hbond substituents is 3. The zero-order valence-corrected chi connectivity index (χ0v) is 12.2. The molecule has 0 spiro atoms. The lowest BCUT2D eigenvalue weighted by Gasteiger charge is -2.03. The Hall–Kier alpha value is -4.48. The molecular weight excluding hydrogens is 366 g/mol. The van der Waals surface area contributed by atoms with Gasteiger partial charge in [-0.2, -0.15) is 4.98 Å². The maximum atomic E-state index is 10.5. The maximum absolute atomic E-state index is 10.5. The second-order valence-corrected chi connectivity index (χ2v) is 4.05. The highest BCUT2D eigenvalue weighted by Crippen LogP contribution is 2.54. The molecule has 0 radical (unpaired) electrons. The molecule has 18 heteroatoms. The summed E-state index contributed by atoms with van der Waals surface area (Å²) in [6.07, 6.45) is 0. The Bertz CT molecular complexity index is 776. The molecule has 1 aromatic heterocycles. The number of nitrogen functional groups attached to an aromatic ring is 2. The van der Waals surface area contributed by atoms with E-state index in [0.29, 0.717) is 5.95 Å². The van der Waals surface area contributed by atoms with Gasteiger partial charge in [0.1, 0.15) is 0 Å². The minimum atomic E-state index is -1.68. The molecule has 1 heterocycles. The minimum absolute atomic E-state index is 0.248. The van der Waals surface area contributed by atoms with Crippen LogP contribution in [0.25, 0.3) is 0 Å². The van der Waals surface area contributed by atoms with Crippen LogP contribution in [-0.2, 0) is 0 Å². The molecule has 0 aliphatic rings. The van der Waals surface area contributed by atoms with Gasteiger partial charge in [0.05, 0.1) is 14.8 Å². The zero-order chi connectivity index (χ0) is 20.2. The van der Waals surface area contributed by atoms with E-state index in [9.17, 15) is 45.7 Å².